The van der Waals surface area contributed by atoms with Crippen molar-refractivity contribution in [2.45, 2.75) is 114 Å². The quantitative estimate of drug-likeness (QED) is 0.283. The van der Waals surface area contributed by atoms with E-state index in [1.165, 1.54) is 130 Å². The summed E-state index contributed by atoms with van der Waals surface area (Å²) in [5.41, 5.74) is 3.19. The Morgan fingerprint density at radius 2 is 0.848 bits per heavy atom. The van der Waals surface area contributed by atoms with Gasteiger partial charge in [-0.05, 0) is 45.9 Å². The first-order valence-electron chi connectivity index (χ1n) is 14.2. The van der Waals surface area contributed by atoms with Crippen LogP contribution in [0.2, 0.25) is 5.82 Å². The van der Waals surface area contributed by atoms with E-state index >= 15 is 0 Å². The Bertz CT molecular complexity index is 958. The van der Waals surface area contributed by atoms with Crippen LogP contribution in [-0.2, 0) is 0 Å². The van der Waals surface area contributed by atoms with Crippen molar-refractivity contribution in [2.24, 2.45) is 0 Å². The van der Waals surface area contributed by atoms with Crippen LogP contribution in [0.5, 0.6) is 0 Å². The normalized spacial score (nSPS) is 20.4. The number of fused-ring (bicyclic) bond motifs is 2. The zero-order valence-corrected chi connectivity index (χ0v) is 20.7. The Morgan fingerprint density at radius 1 is 0.455 bits per heavy atom. The SMILES string of the molecule is [B](c1c2ccccc2c(C2CCCCCCCC2)c2ccccc12)C1CCCCCCCC1. The van der Waals surface area contributed by atoms with Crippen LogP contribution < -0.4 is 5.46 Å². The van der Waals surface area contributed by atoms with Gasteiger partial charge in [0.1, 0.15) is 0 Å². The fourth-order valence-corrected chi connectivity index (χ4v) is 6.80. The standard InChI is InChI=1S/C32H42B/c1-2-6-10-18-25(17-9-5-1)31-27-21-13-15-23-29(27)32(30-24-16-14-22-28(30)31)33-26-19-11-7-3-4-8-12-20-26/h13-16,21-26H,1-12,17-20H2. The minimum Gasteiger partial charge on any atom is -0.0721 e. The lowest BCUT2D eigenvalue weighted by atomic mass is 9.54. The maximum absolute atomic E-state index is 2.70. The third-order valence-corrected chi connectivity index (χ3v) is 8.58. The predicted octanol–water partition coefficient (Wildman–Crippen LogP) is 9.46. The van der Waals surface area contributed by atoms with E-state index in [1.54, 1.807) is 5.56 Å². The minimum absolute atomic E-state index is 0.705. The molecular weight excluding hydrogens is 395 g/mol. The number of hydrogen-bond acceptors (Lipinski definition) is 0. The molecule has 1 heteroatoms. The average Bonchev–Trinajstić information content (AvgIpc) is 3.07. The van der Waals surface area contributed by atoms with Gasteiger partial charge in [0.15, 0.2) is 7.28 Å². The highest BCUT2D eigenvalue weighted by Crippen LogP contribution is 2.39. The molecule has 2 aliphatic rings. The van der Waals surface area contributed by atoms with Crippen molar-refractivity contribution in [3.63, 3.8) is 0 Å². The van der Waals surface area contributed by atoms with Gasteiger partial charge in [-0.25, -0.2) is 0 Å². The molecule has 3 aromatic rings. The molecule has 0 amide bonds. The highest BCUT2D eigenvalue weighted by molar-refractivity contribution is 6.62. The van der Waals surface area contributed by atoms with E-state index in [9.17, 15) is 0 Å². The second-order valence-corrected chi connectivity index (χ2v) is 10.9. The summed E-state index contributed by atoms with van der Waals surface area (Å²) >= 11 is 0. The Kier molecular flexibility index (Phi) is 8.08. The summed E-state index contributed by atoms with van der Waals surface area (Å²) < 4.78 is 0. The summed E-state index contributed by atoms with van der Waals surface area (Å²) in [4.78, 5) is 0. The topological polar surface area (TPSA) is 0 Å². The van der Waals surface area contributed by atoms with Gasteiger partial charge in [-0.15, -0.1) is 0 Å². The van der Waals surface area contributed by atoms with Crippen LogP contribution >= 0.6 is 0 Å². The third-order valence-electron chi connectivity index (χ3n) is 8.58. The van der Waals surface area contributed by atoms with E-state index in [2.05, 4.69) is 55.8 Å². The zero-order valence-electron chi connectivity index (χ0n) is 20.7. The molecule has 33 heavy (non-hydrogen) atoms. The molecule has 2 saturated carbocycles. The van der Waals surface area contributed by atoms with Crippen LogP contribution in [0.15, 0.2) is 48.5 Å². The predicted molar refractivity (Wildman–Crippen MR) is 147 cm³/mol. The lowest BCUT2D eigenvalue weighted by Crippen LogP contribution is -2.23. The van der Waals surface area contributed by atoms with Crippen molar-refractivity contribution >= 4 is 34.3 Å². The van der Waals surface area contributed by atoms with Gasteiger partial charge in [-0.2, -0.15) is 0 Å². The van der Waals surface area contributed by atoms with E-state index in [0.717, 1.165) is 5.82 Å². The highest BCUT2D eigenvalue weighted by Gasteiger charge is 2.23. The summed E-state index contributed by atoms with van der Waals surface area (Å²) in [5, 5.41) is 6.08. The Labute approximate surface area is 202 Å². The fraction of sp³-hybridized carbons (Fsp3) is 0.562. The summed E-state index contributed by atoms with van der Waals surface area (Å²) in [6.45, 7) is 0. The molecule has 0 N–H and O–H groups in total. The maximum atomic E-state index is 2.70. The van der Waals surface area contributed by atoms with E-state index in [4.69, 9.17) is 0 Å². The van der Waals surface area contributed by atoms with Crippen molar-refractivity contribution < 1.29 is 0 Å². The van der Waals surface area contributed by atoms with Crippen molar-refractivity contribution in [1.29, 1.82) is 0 Å². The number of hydrogen-bond donors (Lipinski definition) is 0. The molecule has 0 unspecified atom stereocenters. The van der Waals surface area contributed by atoms with Gasteiger partial charge in [-0.1, -0.05) is 150 Å². The molecule has 0 atom stereocenters. The molecule has 0 aliphatic heterocycles. The smallest absolute Gasteiger partial charge is 0.0721 e. The first kappa shape index (κ1) is 23.0. The van der Waals surface area contributed by atoms with Crippen LogP contribution in [0.25, 0.3) is 21.5 Å². The molecule has 0 bridgehead atoms. The average molecular weight is 438 g/mol. The molecule has 0 aromatic heterocycles. The number of benzene rings is 3. The van der Waals surface area contributed by atoms with Crippen molar-refractivity contribution in [3.8, 4) is 0 Å². The van der Waals surface area contributed by atoms with Gasteiger partial charge in [0, 0.05) is 0 Å². The van der Waals surface area contributed by atoms with E-state index in [-0.39, 0.29) is 0 Å². The summed E-state index contributed by atoms with van der Waals surface area (Å²) in [5.74, 6) is 1.43. The van der Waals surface area contributed by atoms with Crippen molar-refractivity contribution in [3.05, 3.63) is 54.1 Å². The molecule has 0 saturated heterocycles. The molecule has 1 radical (unpaired) electrons. The molecule has 3 aromatic carbocycles. The second-order valence-electron chi connectivity index (χ2n) is 10.9. The van der Waals surface area contributed by atoms with E-state index in [1.807, 2.05) is 0 Å². The van der Waals surface area contributed by atoms with Crippen LogP contribution in [-0.4, -0.2) is 7.28 Å². The highest BCUT2D eigenvalue weighted by atomic mass is 14.2. The van der Waals surface area contributed by atoms with Gasteiger partial charge in [0.2, 0.25) is 0 Å². The van der Waals surface area contributed by atoms with Gasteiger partial charge in [0.05, 0.1) is 0 Å². The van der Waals surface area contributed by atoms with Gasteiger partial charge < -0.3 is 0 Å². The molecule has 173 valence electrons. The summed E-state index contributed by atoms with van der Waals surface area (Å²) in [7, 11) is 2.70. The molecule has 0 heterocycles. The van der Waals surface area contributed by atoms with Crippen molar-refractivity contribution in [2.75, 3.05) is 0 Å². The molecule has 2 fully saturated rings. The van der Waals surface area contributed by atoms with Crippen molar-refractivity contribution in [1.82, 2.24) is 0 Å². The Morgan fingerprint density at radius 3 is 1.33 bits per heavy atom. The van der Waals surface area contributed by atoms with E-state index < -0.39 is 0 Å². The molecular formula is C32H42B. The van der Waals surface area contributed by atoms with Gasteiger partial charge in [-0.3, -0.25) is 0 Å². The molecule has 5 rings (SSSR count). The second kappa shape index (κ2) is 11.6. The van der Waals surface area contributed by atoms with Crippen LogP contribution in [0.4, 0.5) is 0 Å². The van der Waals surface area contributed by atoms with Crippen LogP contribution in [0.3, 0.4) is 0 Å². The van der Waals surface area contributed by atoms with Gasteiger partial charge >= 0.3 is 0 Å². The summed E-state index contributed by atoms with van der Waals surface area (Å²) in [6.07, 6.45) is 22.5. The lowest BCUT2D eigenvalue weighted by molar-refractivity contribution is 0.545. The Balaban J connectivity index is 1.59. The number of rotatable bonds is 3. The lowest BCUT2D eigenvalue weighted by Gasteiger charge is -2.25. The summed E-state index contributed by atoms with van der Waals surface area (Å²) in [6, 6.07) is 18.8. The van der Waals surface area contributed by atoms with Crippen LogP contribution in [0, 0.1) is 0 Å². The Hall–Kier alpha value is -1.76. The molecule has 0 spiro atoms. The molecule has 2 aliphatic carbocycles. The third kappa shape index (κ3) is 5.50. The van der Waals surface area contributed by atoms with E-state index in [0.29, 0.717) is 5.92 Å². The zero-order chi connectivity index (χ0) is 22.3. The van der Waals surface area contributed by atoms with Gasteiger partial charge in [0.25, 0.3) is 0 Å². The largest absolute Gasteiger partial charge is 0.156 e. The minimum atomic E-state index is 0.705. The maximum Gasteiger partial charge on any atom is 0.156 e. The molecule has 0 nitrogen and oxygen atoms in total. The monoisotopic (exact) mass is 437 g/mol. The first-order valence-corrected chi connectivity index (χ1v) is 14.2. The fourth-order valence-electron chi connectivity index (χ4n) is 6.80. The first-order chi connectivity index (χ1) is 16.4. The van der Waals surface area contributed by atoms with Crippen LogP contribution in [0.1, 0.15) is 114 Å².